The third-order valence-electron chi connectivity index (χ3n) is 3.75. The van der Waals surface area contributed by atoms with E-state index in [-0.39, 0.29) is 6.79 Å². The Bertz CT molecular complexity index is 490. The highest BCUT2D eigenvalue weighted by Gasteiger charge is 2.24. The molecule has 110 valence electrons. The summed E-state index contributed by atoms with van der Waals surface area (Å²) in [4.78, 5) is 2.44. The average Bonchev–Trinajstić information content (AvgIpc) is 2.95. The lowest BCUT2D eigenvalue weighted by Gasteiger charge is -2.27. The minimum atomic E-state index is 0.222. The molecule has 0 radical (unpaired) electrons. The Morgan fingerprint density at radius 1 is 1.35 bits per heavy atom. The SMILES string of the molecule is COc1c(CCN2CCNCC2)cc2c(c1Cl)OCO2. The Morgan fingerprint density at radius 2 is 2.15 bits per heavy atom. The predicted molar refractivity (Wildman–Crippen MR) is 77.1 cm³/mol. The number of fused-ring (bicyclic) bond motifs is 1. The molecule has 0 saturated carbocycles. The number of rotatable bonds is 4. The molecule has 1 aromatic rings. The van der Waals surface area contributed by atoms with Crippen molar-refractivity contribution >= 4 is 11.6 Å². The van der Waals surface area contributed by atoms with Gasteiger partial charge in [-0.1, -0.05) is 11.6 Å². The molecule has 1 saturated heterocycles. The molecule has 2 aliphatic heterocycles. The largest absolute Gasteiger partial charge is 0.495 e. The smallest absolute Gasteiger partial charge is 0.231 e. The zero-order valence-electron chi connectivity index (χ0n) is 11.6. The quantitative estimate of drug-likeness (QED) is 0.913. The lowest BCUT2D eigenvalue weighted by molar-refractivity contribution is 0.174. The van der Waals surface area contributed by atoms with Gasteiger partial charge in [0.25, 0.3) is 0 Å². The van der Waals surface area contributed by atoms with Gasteiger partial charge in [-0.25, -0.2) is 0 Å². The number of ether oxygens (including phenoxy) is 3. The summed E-state index contributed by atoms with van der Waals surface area (Å²) in [6.45, 7) is 5.49. The van der Waals surface area contributed by atoms with Crippen molar-refractivity contribution in [2.45, 2.75) is 6.42 Å². The summed E-state index contributed by atoms with van der Waals surface area (Å²) in [7, 11) is 1.64. The molecule has 0 amide bonds. The van der Waals surface area contributed by atoms with Crippen LogP contribution in [0.4, 0.5) is 0 Å². The molecule has 0 bridgehead atoms. The fourth-order valence-corrected chi connectivity index (χ4v) is 3.00. The van der Waals surface area contributed by atoms with E-state index in [1.807, 2.05) is 6.07 Å². The van der Waals surface area contributed by atoms with Crippen molar-refractivity contribution < 1.29 is 14.2 Å². The van der Waals surface area contributed by atoms with Crippen molar-refractivity contribution in [1.29, 1.82) is 0 Å². The number of halogens is 1. The Hall–Kier alpha value is -1.17. The van der Waals surface area contributed by atoms with Crippen molar-refractivity contribution in [3.05, 3.63) is 16.7 Å². The maximum Gasteiger partial charge on any atom is 0.231 e. The lowest BCUT2D eigenvalue weighted by Crippen LogP contribution is -2.44. The normalized spacial score (nSPS) is 18.3. The number of methoxy groups -OCH3 is 1. The number of hydrogen-bond acceptors (Lipinski definition) is 5. The van der Waals surface area contributed by atoms with Gasteiger partial charge >= 0.3 is 0 Å². The topological polar surface area (TPSA) is 43.0 Å². The summed E-state index contributed by atoms with van der Waals surface area (Å²) in [5, 5.41) is 3.87. The van der Waals surface area contributed by atoms with E-state index in [0.29, 0.717) is 22.3 Å². The van der Waals surface area contributed by atoms with Crippen molar-refractivity contribution in [1.82, 2.24) is 10.2 Å². The Morgan fingerprint density at radius 3 is 2.90 bits per heavy atom. The maximum absolute atomic E-state index is 6.33. The summed E-state index contributed by atoms with van der Waals surface area (Å²) in [5.74, 6) is 2.01. The second-order valence-corrected chi connectivity index (χ2v) is 5.34. The molecule has 1 N–H and O–H groups in total. The highest BCUT2D eigenvalue weighted by molar-refractivity contribution is 6.34. The standard InChI is InChI=1S/C14H19ClN2O3/c1-18-13-10(2-5-17-6-3-16-4-7-17)8-11-14(12(13)15)20-9-19-11/h8,16H,2-7,9H2,1H3. The van der Waals surface area contributed by atoms with Crippen LogP contribution in [0.25, 0.3) is 0 Å². The number of benzene rings is 1. The number of piperazine rings is 1. The molecule has 0 spiro atoms. The summed E-state index contributed by atoms with van der Waals surface area (Å²) < 4.78 is 16.2. The van der Waals surface area contributed by atoms with Crippen molar-refractivity contribution in [3.63, 3.8) is 0 Å². The van der Waals surface area contributed by atoms with E-state index in [0.717, 1.165) is 44.7 Å². The van der Waals surface area contributed by atoms with Crippen LogP contribution in [0, 0.1) is 0 Å². The third-order valence-corrected chi connectivity index (χ3v) is 4.09. The molecule has 20 heavy (non-hydrogen) atoms. The number of hydrogen-bond donors (Lipinski definition) is 1. The zero-order valence-corrected chi connectivity index (χ0v) is 12.3. The summed E-state index contributed by atoms with van der Waals surface area (Å²) in [5.41, 5.74) is 1.07. The minimum Gasteiger partial charge on any atom is -0.495 e. The van der Waals surface area contributed by atoms with Crippen LogP contribution < -0.4 is 19.5 Å². The van der Waals surface area contributed by atoms with Crippen LogP contribution in [0.5, 0.6) is 17.2 Å². The van der Waals surface area contributed by atoms with Gasteiger partial charge in [-0.05, 0) is 12.5 Å². The zero-order chi connectivity index (χ0) is 13.9. The molecule has 0 atom stereocenters. The molecule has 0 aromatic heterocycles. The van der Waals surface area contributed by atoms with Crippen LogP contribution >= 0.6 is 11.6 Å². The summed E-state index contributed by atoms with van der Waals surface area (Å²) in [6, 6.07) is 1.98. The summed E-state index contributed by atoms with van der Waals surface area (Å²) >= 11 is 6.33. The van der Waals surface area contributed by atoms with Gasteiger partial charge in [0.2, 0.25) is 6.79 Å². The first-order valence-electron chi connectivity index (χ1n) is 6.87. The molecule has 3 rings (SSSR count). The minimum absolute atomic E-state index is 0.222. The maximum atomic E-state index is 6.33. The van der Waals surface area contributed by atoms with Crippen molar-refractivity contribution in [3.8, 4) is 17.2 Å². The fraction of sp³-hybridized carbons (Fsp3) is 0.571. The van der Waals surface area contributed by atoms with E-state index in [1.54, 1.807) is 7.11 Å². The highest BCUT2D eigenvalue weighted by atomic mass is 35.5. The van der Waals surface area contributed by atoms with E-state index in [1.165, 1.54) is 0 Å². The van der Waals surface area contributed by atoms with E-state index in [4.69, 9.17) is 25.8 Å². The second kappa shape index (κ2) is 6.08. The van der Waals surface area contributed by atoms with Gasteiger partial charge in [-0.3, -0.25) is 0 Å². The molecule has 1 fully saturated rings. The van der Waals surface area contributed by atoms with Crippen LogP contribution in [0.15, 0.2) is 6.07 Å². The van der Waals surface area contributed by atoms with E-state index >= 15 is 0 Å². The summed E-state index contributed by atoms with van der Waals surface area (Å²) in [6.07, 6.45) is 0.888. The number of nitrogens with zero attached hydrogens (tertiary/aromatic N) is 1. The second-order valence-electron chi connectivity index (χ2n) is 4.96. The average molecular weight is 299 g/mol. The lowest BCUT2D eigenvalue weighted by atomic mass is 10.1. The van der Waals surface area contributed by atoms with Crippen LogP contribution in [0.3, 0.4) is 0 Å². The van der Waals surface area contributed by atoms with E-state index in [9.17, 15) is 0 Å². The van der Waals surface area contributed by atoms with E-state index in [2.05, 4.69) is 10.2 Å². The first-order valence-corrected chi connectivity index (χ1v) is 7.25. The fourth-order valence-electron chi connectivity index (χ4n) is 2.65. The Kier molecular flexibility index (Phi) is 4.19. The van der Waals surface area contributed by atoms with Gasteiger partial charge in [0.15, 0.2) is 11.5 Å². The molecule has 1 aromatic carbocycles. The molecule has 0 aliphatic carbocycles. The van der Waals surface area contributed by atoms with Crippen molar-refractivity contribution in [2.24, 2.45) is 0 Å². The first kappa shape index (κ1) is 13.8. The third kappa shape index (κ3) is 2.66. The van der Waals surface area contributed by atoms with Gasteiger partial charge in [0.05, 0.1) is 7.11 Å². The molecule has 0 unspecified atom stereocenters. The molecule has 5 nitrogen and oxygen atoms in total. The van der Waals surface area contributed by atoms with Gasteiger partial charge in [-0.2, -0.15) is 0 Å². The van der Waals surface area contributed by atoms with Crippen LogP contribution in [-0.4, -0.2) is 51.5 Å². The number of nitrogens with one attached hydrogen (secondary N) is 1. The van der Waals surface area contributed by atoms with Crippen LogP contribution in [-0.2, 0) is 6.42 Å². The first-order chi connectivity index (χ1) is 9.79. The monoisotopic (exact) mass is 298 g/mol. The van der Waals surface area contributed by atoms with Crippen LogP contribution in [0.2, 0.25) is 5.02 Å². The van der Waals surface area contributed by atoms with Gasteiger partial charge < -0.3 is 24.4 Å². The van der Waals surface area contributed by atoms with Crippen molar-refractivity contribution in [2.75, 3.05) is 46.6 Å². The van der Waals surface area contributed by atoms with Gasteiger partial charge in [0.1, 0.15) is 10.8 Å². The molecule has 6 heteroatoms. The molecule has 2 heterocycles. The molecular formula is C14H19ClN2O3. The predicted octanol–water partition coefficient (Wildman–Crippen LogP) is 1.52. The van der Waals surface area contributed by atoms with Gasteiger partial charge in [0, 0.05) is 38.3 Å². The van der Waals surface area contributed by atoms with E-state index < -0.39 is 0 Å². The highest BCUT2D eigenvalue weighted by Crippen LogP contribution is 2.46. The molecular weight excluding hydrogens is 280 g/mol. The van der Waals surface area contributed by atoms with Crippen LogP contribution in [0.1, 0.15) is 5.56 Å². The Labute approximate surface area is 123 Å². The Balaban J connectivity index is 1.76. The van der Waals surface area contributed by atoms with Gasteiger partial charge in [-0.15, -0.1) is 0 Å². The molecule has 2 aliphatic rings.